The van der Waals surface area contributed by atoms with E-state index in [1.54, 1.807) is 0 Å². The Bertz CT molecular complexity index is 147. The monoisotopic (exact) mass is 116 g/mol. The minimum Gasteiger partial charge on any atom is -0.210 e. The lowest BCUT2D eigenvalue weighted by atomic mass is 10.5. The zero-order chi connectivity index (χ0) is 5.11. The molecule has 7 heavy (non-hydrogen) atoms. The zero-order valence-electron chi connectivity index (χ0n) is 3.63. The van der Waals surface area contributed by atoms with Crippen molar-refractivity contribution in [3.05, 3.63) is 0 Å². The van der Waals surface area contributed by atoms with E-state index >= 15 is 0 Å². The van der Waals surface area contributed by atoms with E-state index in [-0.39, 0.29) is 0 Å². The first kappa shape index (κ1) is 4.64. The largest absolute Gasteiger partial charge is 0.210 e. The second kappa shape index (κ2) is 1.97. The van der Waals surface area contributed by atoms with E-state index < -0.39 is 0 Å². The molecule has 38 valence electrons. The summed E-state index contributed by atoms with van der Waals surface area (Å²) in [6.45, 7) is 0.699. The molecule has 0 aliphatic carbocycles. The maximum Gasteiger partial charge on any atom is 0.157 e. The van der Waals surface area contributed by atoms with Crippen LogP contribution in [0.1, 0.15) is 6.42 Å². The highest BCUT2D eigenvalue weighted by atomic mass is 32.1. The van der Waals surface area contributed by atoms with Gasteiger partial charge in [-0.1, -0.05) is 0 Å². The van der Waals surface area contributed by atoms with Gasteiger partial charge in [0.05, 0.1) is 6.54 Å². The van der Waals surface area contributed by atoms with Crippen LogP contribution in [0.5, 0.6) is 0 Å². The first-order chi connectivity index (χ1) is 3.43. The molecule has 0 spiro atoms. The van der Waals surface area contributed by atoms with Crippen LogP contribution in [0.4, 0.5) is 0 Å². The van der Waals surface area contributed by atoms with Gasteiger partial charge in [-0.3, -0.25) is 0 Å². The number of nitrogens with zero attached hydrogens (tertiary/aromatic N) is 2. The van der Waals surface area contributed by atoms with Gasteiger partial charge >= 0.3 is 0 Å². The number of hydrogen-bond donors (Lipinski definition) is 0. The Morgan fingerprint density at radius 1 is 1.71 bits per heavy atom. The molecule has 0 unspecified atom stereocenters. The highest BCUT2D eigenvalue weighted by Crippen LogP contribution is 1.96. The van der Waals surface area contributed by atoms with Crippen LogP contribution in [-0.2, 0) is 11.3 Å². The minimum absolute atomic E-state index is 0.439. The van der Waals surface area contributed by atoms with Crippen LogP contribution < -0.4 is 0 Å². The van der Waals surface area contributed by atoms with Gasteiger partial charge in [0, 0.05) is 6.42 Å². The van der Waals surface area contributed by atoms with Crippen LogP contribution in [0.3, 0.4) is 0 Å². The van der Waals surface area contributed by atoms with Gasteiger partial charge in [0.15, 0.2) is 4.99 Å². The van der Waals surface area contributed by atoms with Crippen LogP contribution in [0.25, 0.3) is 0 Å². The molecule has 0 radical (unpaired) electrons. The molecule has 1 heterocycles. The van der Waals surface area contributed by atoms with E-state index in [0.717, 1.165) is 6.42 Å². The molecular weight excluding hydrogens is 112 g/mol. The first-order valence-corrected chi connectivity index (χ1v) is 2.71. The fourth-order valence-electron chi connectivity index (χ4n) is 0.383. The van der Waals surface area contributed by atoms with Gasteiger partial charge in [-0.25, -0.2) is 4.21 Å². The third-order valence-corrected chi connectivity index (χ3v) is 1.18. The predicted octanol–water partition coefficient (Wildman–Crippen LogP) is 0.185. The average Bonchev–Trinajstić information content (AvgIpc) is 2.14. The summed E-state index contributed by atoms with van der Waals surface area (Å²) >= 11 is 0.439. The van der Waals surface area contributed by atoms with E-state index in [4.69, 9.17) is 0 Å². The summed E-state index contributed by atoms with van der Waals surface area (Å²) in [7, 11) is 0. The first-order valence-electron chi connectivity index (χ1n) is 1.96. The smallest absolute Gasteiger partial charge is 0.157 e. The van der Waals surface area contributed by atoms with Crippen molar-refractivity contribution in [3.63, 3.8) is 0 Å². The van der Waals surface area contributed by atoms with Gasteiger partial charge in [0.1, 0.15) is 11.3 Å². The molecule has 3 nitrogen and oxygen atoms in total. The van der Waals surface area contributed by atoms with Crippen molar-refractivity contribution in [3.8, 4) is 0 Å². The fourth-order valence-corrected chi connectivity index (χ4v) is 0.649. The van der Waals surface area contributed by atoms with Crippen molar-refractivity contribution >= 4 is 16.2 Å². The lowest BCUT2D eigenvalue weighted by Gasteiger charge is -1.70. The van der Waals surface area contributed by atoms with Gasteiger partial charge in [0.25, 0.3) is 0 Å². The summed E-state index contributed by atoms with van der Waals surface area (Å²) in [5.74, 6) is 0. The van der Waals surface area contributed by atoms with Crippen LogP contribution >= 0.6 is 0 Å². The molecule has 1 aliphatic heterocycles. The highest BCUT2D eigenvalue weighted by Gasteiger charge is 2.00. The molecule has 0 saturated heterocycles. The Hall–Kier alpha value is -0.510. The van der Waals surface area contributed by atoms with E-state index in [2.05, 4.69) is 10.2 Å². The van der Waals surface area contributed by atoms with E-state index in [1.807, 2.05) is 0 Å². The molecule has 0 atom stereocenters. The highest BCUT2D eigenvalue weighted by molar-refractivity contribution is 7.66. The molecule has 0 aromatic rings. The lowest BCUT2D eigenvalue weighted by molar-refractivity contribution is 0.700. The maximum atomic E-state index is 9.86. The third kappa shape index (κ3) is 0.928. The second-order valence-electron chi connectivity index (χ2n) is 1.19. The SMILES string of the molecule is O=S=C1CCN=N1. The summed E-state index contributed by atoms with van der Waals surface area (Å²) < 4.78 is 9.86. The Labute approximate surface area is 44.5 Å². The van der Waals surface area contributed by atoms with Crippen molar-refractivity contribution in [1.82, 2.24) is 0 Å². The van der Waals surface area contributed by atoms with E-state index in [9.17, 15) is 4.21 Å². The Kier molecular flexibility index (Phi) is 1.31. The van der Waals surface area contributed by atoms with Gasteiger partial charge in [-0.05, 0) is 0 Å². The summed E-state index contributed by atoms with van der Waals surface area (Å²) in [5.41, 5.74) is 0. The molecule has 1 aliphatic rings. The van der Waals surface area contributed by atoms with Crippen molar-refractivity contribution in [2.75, 3.05) is 6.54 Å². The van der Waals surface area contributed by atoms with E-state index in [0.29, 0.717) is 22.8 Å². The normalized spacial score (nSPS) is 18.0. The van der Waals surface area contributed by atoms with Crippen molar-refractivity contribution in [1.29, 1.82) is 0 Å². The Morgan fingerprint density at radius 2 is 2.57 bits per heavy atom. The summed E-state index contributed by atoms with van der Waals surface area (Å²) in [6, 6.07) is 0. The van der Waals surface area contributed by atoms with Crippen LogP contribution in [0, 0.1) is 0 Å². The summed E-state index contributed by atoms with van der Waals surface area (Å²) in [4.78, 5) is 0.611. The Morgan fingerprint density at radius 3 is 2.86 bits per heavy atom. The summed E-state index contributed by atoms with van der Waals surface area (Å²) in [5, 5.41) is 7.15. The average molecular weight is 116 g/mol. The third-order valence-electron chi connectivity index (χ3n) is 0.704. The van der Waals surface area contributed by atoms with Crippen LogP contribution in [0.15, 0.2) is 10.2 Å². The number of azo groups is 1. The summed E-state index contributed by atoms with van der Waals surface area (Å²) in [6.07, 6.45) is 0.744. The molecule has 0 bridgehead atoms. The van der Waals surface area contributed by atoms with Crippen LogP contribution in [0.2, 0.25) is 0 Å². The molecule has 4 heteroatoms. The Balaban J connectivity index is 2.77. The molecule has 0 saturated carbocycles. The molecule has 0 fully saturated rings. The zero-order valence-corrected chi connectivity index (χ0v) is 4.44. The minimum atomic E-state index is 0.439. The quantitative estimate of drug-likeness (QED) is 0.416. The molecule has 0 amide bonds. The maximum absolute atomic E-state index is 9.86. The lowest BCUT2D eigenvalue weighted by Crippen LogP contribution is -1.84. The van der Waals surface area contributed by atoms with E-state index in [1.165, 1.54) is 0 Å². The van der Waals surface area contributed by atoms with Gasteiger partial charge in [-0.2, -0.15) is 5.11 Å². The molecule has 0 aromatic carbocycles. The fraction of sp³-hybridized carbons (Fsp3) is 0.667. The van der Waals surface area contributed by atoms with Crippen molar-refractivity contribution < 1.29 is 4.21 Å². The topological polar surface area (TPSA) is 41.8 Å². The van der Waals surface area contributed by atoms with Gasteiger partial charge in [-0.15, -0.1) is 5.11 Å². The van der Waals surface area contributed by atoms with Crippen LogP contribution in [-0.4, -0.2) is 15.7 Å². The predicted molar refractivity (Wildman–Crippen MR) is 27.5 cm³/mol. The van der Waals surface area contributed by atoms with Gasteiger partial charge < -0.3 is 0 Å². The number of rotatable bonds is 0. The van der Waals surface area contributed by atoms with Crippen molar-refractivity contribution in [2.24, 2.45) is 10.2 Å². The standard InChI is InChI=1S/C3H4N2OS/c6-7-3-1-2-4-5-3/h1-2H2. The molecule has 0 N–H and O–H groups in total. The van der Waals surface area contributed by atoms with Crippen molar-refractivity contribution in [2.45, 2.75) is 6.42 Å². The molecule has 0 aromatic heterocycles. The molecule has 1 rings (SSSR count). The van der Waals surface area contributed by atoms with Gasteiger partial charge in [0.2, 0.25) is 0 Å². The second-order valence-corrected chi connectivity index (χ2v) is 1.83. The number of hydrogen-bond acceptors (Lipinski definition) is 2. The molecular formula is C3H4N2OS.